The van der Waals surface area contributed by atoms with Crippen molar-refractivity contribution in [2.75, 3.05) is 33.4 Å². The van der Waals surface area contributed by atoms with Crippen LogP contribution in [-0.4, -0.2) is 44.3 Å². The van der Waals surface area contributed by atoms with Gasteiger partial charge in [0.05, 0.1) is 6.61 Å². The Morgan fingerprint density at radius 2 is 2.00 bits per heavy atom. The topological polar surface area (TPSA) is 38.5 Å². The maximum atomic E-state index is 5.73. The molecular weight excluding hydrogens is 176 g/mol. The van der Waals surface area contributed by atoms with Crippen LogP contribution in [-0.2, 0) is 4.74 Å². The van der Waals surface area contributed by atoms with Crippen LogP contribution in [0.5, 0.6) is 0 Å². The fraction of sp³-hybridized carbons (Fsp3) is 1.00. The number of rotatable bonds is 8. The van der Waals surface area contributed by atoms with Gasteiger partial charge in [0.25, 0.3) is 0 Å². The minimum Gasteiger partial charge on any atom is -0.383 e. The van der Waals surface area contributed by atoms with E-state index in [0.717, 1.165) is 25.6 Å². The fourth-order valence-electron chi connectivity index (χ4n) is 1.58. The summed E-state index contributed by atoms with van der Waals surface area (Å²) in [4.78, 5) is 2.41. The predicted octanol–water partition coefficient (Wildman–Crippen LogP) is 1.33. The van der Waals surface area contributed by atoms with Crippen molar-refractivity contribution in [3.63, 3.8) is 0 Å². The maximum Gasteiger partial charge on any atom is 0.0630 e. The molecule has 3 nitrogen and oxygen atoms in total. The second kappa shape index (κ2) is 8.21. The predicted molar refractivity (Wildman–Crippen MR) is 61.4 cm³/mol. The van der Waals surface area contributed by atoms with Crippen molar-refractivity contribution in [1.29, 1.82) is 0 Å². The minimum absolute atomic E-state index is 0.374. The summed E-state index contributed by atoms with van der Waals surface area (Å²) in [7, 11) is 1.74. The van der Waals surface area contributed by atoms with E-state index < -0.39 is 0 Å². The van der Waals surface area contributed by atoms with E-state index in [9.17, 15) is 0 Å². The summed E-state index contributed by atoms with van der Waals surface area (Å²) in [6.45, 7) is 10.3. The molecule has 0 saturated carbocycles. The Bertz CT molecular complexity index is 130. The van der Waals surface area contributed by atoms with Crippen LogP contribution >= 0.6 is 0 Å². The Balaban J connectivity index is 4.06. The molecule has 3 heteroatoms. The highest BCUT2D eigenvalue weighted by Crippen LogP contribution is 2.07. The Morgan fingerprint density at radius 3 is 2.36 bits per heavy atom. The summed E-state index contributed by atoms with van der Waals surface area (Å²) in [5.74, 6) is 0.737. The van der Waals surface area contributed by atoms with Crippen molar-refractivity contribution >= 4 is 0 Å². The van der Waals surface area contributed by atoms with Gasteiger partial charge in [-0.05, 0) is 12.5 Å². The standard InChI is InChI=1S/C11H26N2O/c1-5-10(3)8-13(6-2)11(7-12)9-14-4/h10-11H,5-9,12H2,1-4H3. The molecule has 2 N–H and O–H groups in total. The molecule has 0 bridgehead atoms. The third-order valence-electron chi connectivity index (χ3n) is 2.80. The highest BCUT2D eigenvalue weighted by Gasteiger charge is 2.16. The van der Waals surface area contributed by atoms with Crippen molar-refractivity contribution in [2.24, 2.45) is 11.7 Å². The molecule has 0 aliphatic carbocycles. The molecule has 0 aromatic carbocycles. The molecule has 0 saturated heterocycles. The smallest absolute Gasteiger partial charge is 0.0630 e. The van der Waals surface area contributed by atoms with E-state index in [1.54, 1.807) is 7.11 Å². The molecule has 2 unspecified atom stereocenters. The molecule has 2 atom stereocenters. The van der Waals surface area contributed by atoms with Gasteiger partial charge < -0.3 is 10.5 Å². The van der Waals surface area contributed by atoms with Crippen LogP contribution in [0.2, 0.25) is 0 Å². The summed E-state index contributed by atoms with van der Waals surface area (Å²) >= 11 is 0. The monoisotopic (exact) mass is 202 g/mol. The second-order valence-corrected chi connectivity index (χ2v) is 3.95. The van der Waals surface area contributed by atoms with E-state index in [1.165, 1.54) is 6.42 Å². The van der Waals surface area contributed by atoms with Crippen LogP contribution in [0.25, 0.3) is 0 Å². The molecule has 14 heavy (non-hydrogen) atoms. The molecule has 0 aliphatic rings. The summed E-state index contributed by atoms with van der Waals surface area (Å²) in [6, 6.07) is 0.374. The average molecular weight is 202 g/mol. The lowest BCUT2D eigenvalue weighted by molar-refractivity contribution is 0.0876. The fourth-order valence-corrected chi connectivity index (χ4v) is 1.58. The van der Waals surface area contributed by atoms with Gasteiger partial charge >= 0.3 is 0 Å². The number of ether oxygens (including phenoxy) is 1. The summed E-state index contributed by atoms with van der Waals surface area (Å²) in [5, 5.41) is 0. The Hall–Kier alpha value is -0.120. The van der Waals surface area contributed by atoms with Gasteiger partial charge in [0.1, 0.15) is 0 Å². The number of nitrogens with zero attached hydrogens (tertiary/aromatic N) is 1. The first-order chi connectivity index (χ1) is 6.69. The zero-order valence-corrected chi connectivity index (χ0v) is 10.1. The highest BCUT2D eigenvalue weighted by molar-refractivity contribution is 4.72. The summed E-state index contributed by atoms with van der Waals surface area (Å²) in [6.07, 6.45) is 1.22. The molecule has 0 fully saturated rings. The van der Waals surface area contributed by atoms with E-state index in [0.29, 0.717) is 12.6 Å². The van der Waals surface area contributed by atoms with Gasteiger partial charge in [-0.1, -0.05) is 27.2 Å². The molecule has 0 amide bonds. The number of methoxy groups -OCH3 is 1. The van der Waals surface area contributed by atoms with E-state index in [4.69, 9.17) is 10.5 Å². The van der Waals surface area contributed by atoms with Crippen LogP contribution in [0, 0.1) is 5.92 Å². The summed E-state index contributed by atoms with van der Waals surface area (Å²) in [5.41, 5.74) is 5.73. The van der Waals surface area contributed by atoms with Crippen molar-refractivity contribution < 1.29 is 4.74 Å². The van der Waals surface area contributed by atoms with Crippen LogP contribution in [0.3, 0.4) is 0 Å². The Kier molecular flexibility index (Phi) is 8.14. The molecule has 0 radical (unpaired) electrons. The lowest BCUT2D eigenvalue weighted by atomic mass is 10.1. The van der Waals surface area contributed by atoms with Crippen molar-refractivity contribution in [3.05, 3.63) is 0 Å². The number of nitrogens with two attached hydrogens (primary N) is 1. The average Bonchev–Trinajstić information content (AvgIpc) is 2.22. The second-order valence-electron chi connectivity index (χ2n) is 3.95. The molecular formula is C11H26N2O. The van der Waals surface area contributed by atoms with E-state index in [2.05, 4.69) is 25.7 Å². The Morgan fingerprint density at radius 1 is 1.36 bits per heavy atom. The normalized spacial score (nSPS) is 15.9. The molecule has 86 valence electrons. The van der Waals surface area contributed by atoms with Crippen molar-refractivity contribution in [3.8, 4) is 0 Å². The van der Waals surface area contributed by atoms with E-state index >= 15 is 0 Å². The maximum absolute atomic E-state index is 5.73. The highest BCUT2D eigenvalue weighted by atomic mass is 16.5. The zero-order chi connectivity index (χ0) is 11.0. The lowest BCUT2D eigenvalue weighted by Crippen LogP contribution is -2.45. The molecule has 0 spiro atoms. The first-order valence-corrected chi connectivity index (χ1v) is 5.62. The molecule has 0 aliphatic heterocycles. The van der Waals surface area contributed by atoms with Gasteiger partial charge in [0, 0.05) is 26.2 Å². The quantitative estimate of drug-likeness (QED) is 0.645. The van der Waals surface area contributed by atoms with Crippen LogP contribution < -0.4 is 5.73 Å². The van der Waals surface area contributed by atoms with Crippen LogP contribution in [0.15, 0.2) is 0 Å². The molecule has 0 heterocycles. The largest absolute Gasteiger partial charge is 0.383 e. The van der Waals surface area contributed by atoms with Crippen molar-refractivity contribution in [1.82, 2.24) is 4.90 Å². The van der Waals surface area contributed by atoms with Gasteiger partial charge in [-0.3, -0.25) is 4.90 Å². The molecule has 0 aromatic heterocycles. The third kappa shape index (κ3) is 4.94. The van der Waals surface area contributed by atoms with Gasteiger partial charge in [0.15, 0.2) is 0 Å². The number of hydrogen-bond acceptors (Lipinski definition) is 3. The lowest BCUT2D eigenvalue weighted by Gasteiger charge is -2.31. The van der Waals surface area contributed by atoms with E-state index in [1.807, 2.05) is 0 Å². The van der Waals surface area contributed by atoms with Gasteiger partial charge in [-0.2, -0.15) is 0 Å². The number of likely N-dealkylation sites (N-methyl/N-ethyl adjacent to an activating group) is 1. The van der Waals surface area contributed by atoms with E-state index in [-0.39, 0.29) is 0 Å². The molecule has 0 rings (SSSR count). The van der Waals surface area contributed by atoms with Crippen molar-refractivity contribution in [2.45, 2.75) is 33.2 Å². The van der Waals surface area contributed by atoms with Crippen LogP contribution in [0.4, 0.5) is 0 Å². The first kappa shape index (κ1) is 13.9. The van der Waals surface area contributed by atoms with Crippen LogP contribution in [0.1, 0.15) is 27.2 Å². The summed E-state index contributed by atoms with van der Waals surface area (Å²) < 4.78 is 5.17. The zero-order valence-electron chi connectivity index (χ0n) is 10.1. The Labute approximate surface area is 88.6 Å². The third-order valence-corrected chi connectivity index (χ3v) is 2.80. The molecule has 0 aromatic rings. The SMILES string of the molecule is CCC(C)CN(CC)C(CN)COC. The van der Waals surface area contributed by atoms with Gasteiger partial charge in [-0.25, -0.2) is 0 Å². The van der Waals surface area contributed by atoms with Gasteiger partial charge in [0.2, 0.25) is 0 Å². The minimum atomic E-state index is 0.374. The number of hydrogen-bond donors (Lipinski definition) is 1. The first-order valence-electron chi connectivity index (χ1n) is 5.62. The van der Waals surface area contributed by atoms with Gasteiger partial charge in [-0.15, -0.1) is 0 Å².